The summed E-state index contributed by atoms with van der Waals surface area (Å²) in [6.07, 6.45) is 8.86. The Morgan fingerprint density at radius 2 is 2.24 bits per heavy atom. The Morgan fingerprint density at radius 1 is 1.47 bits per heavy atom. The van der Waals surface area contributed by atoms with Crippen LogP contribution < -0.4 is 5.32 Å². The number of hydrogen-bond donors (Lipinski definition) is 2. The van der Waals surface area contributed by atoms with E-state index in [1.54, 1.807) is 0 Å². The van der Waals surface area contributed by atoms with E-state index in [1.807, 2.05) is 0 Å². The smallest absolute Gasteiger partial charge is 0.223 e. The fourth-order valence-corrected chi connectivity index (χ4v) is 2.15. The van der Waals surface area contributed by atoms with E-state index >= 15 is 0 Å². The van der Waals surface area contributed by atoms with E-state index in [2.05, 4.69) is 31.3 Å². The zero-order valence-electron chi connectivity index (χ0n) is 11.0. The number of amides is 1. The molecule has 98 valence electrons. The van der Waals surface area contributed by atoms with Crippen molar-refractivity contribution in [1.29, 1.82) is 0 Å². The summed E-state index contributed by atoms with van der Waals surface area (Å²) < 4.78 is 0. The minimum atomic E-state index is 0.0723. The Labute approximate surface area is 104 Å². The summed E-state index contributed by atoms with van der Waals surface area (Å²) in [5, 5.41) is 11.9. The molecule has 1 rings (SSSR count). The first-order chi connectivity index (χ1) is 8.05. The van der Waals surface area contributed by atoms with Gasteiger partial charge in [-0.05, 0) is 37.5 Å². The molecule has 0 fully saturated rings. The van der Waals surface area contributed by atoms with Crippen LogP contribution in [0, 0.1) is 11.3 Å². The highest BCUT2D eigenvalue weighted by Gasteiger charge is 2.22. The number of nitrogens with one attached hydrogen (secondary N) is 1. The summed E-state index contributed by atoms with van der Waals surface area (Å²) in [5.74, 6) is 0.347. The first-order valence-electron chi connectivity index (χ1n) is 6.59. The third kappa shape index (κ3) is 5.35. The van der Waals surface area contributed by atoms with E-state index in [-0.39, 0.29) is 23.8 Å². The van der Waals surface area contributed by atoms with Gasteiger partial charge in [0.2, 0.25) is 5.91 Å². The summed E-state index contributed by atoms with van der Waals surface area (Å²) >= 11 is 0. The topological polar surface area (TPSA) is 49.3 Å². The lowest BCUT2D eigenvalue weighted by Crippen LogP contribution is -2.38. The van der Waals surface area contributed by atoms with Gasteiger partial charge in [0.05, 0.1) is 0 Å². The maximum absolute atomic E-state index is 11.9. The first kappa shape index (κ1) is 14.2. The summed E-state index contributed by atoms with van der Waals surface area (Å²) in [4.78, 5) is 11.9. The number of aliphatic hydroxyl groups excluding tert-OH is 1. The van der Waals surface area contributed by atoms with Gasteiger partial charge in [0.15, 0.2) is 0 Å². The van der Waals surface area contributed by atoms with Gasteiger partial charge in [-0.1, -0.05) is 26.0 Å². The first-order valence-corrected chi connectivity index (χ1v) is 6.59. The van der Waals surface area contributed by atoms with Gasteiger partial charge in [0.1, 0.15) is 0 Å². The van der Waals surface area contributed by atoms with Crippen LogP contribution in [0.3, 0.4) is 0 Å². The molecule has 0 saturated heterocycles. The predicted molar refractivity (Wildman–Crippen MR) is 69.6 cm³/mol. The average Bonchev–Trinajstić information content (AvgIpc) is 2.35. The van der Waals surface area contributed by atoms with Gasteiger partial charge in [-0.15, -0.1) is 0 Å². The third-order valence-electron chi connectivity index (χ3n) is 3.39. The summed E-state index contributed by atoms with van der Waals surface area (Å²) in [7, 11) is 0. The Hall–Kier alpha value is -0.830. The average molecular weight is 239 g/mol. The van der Waals surface area contributed by atoms with E-state index in [0.717, 1.165) is 32.1 Å². The van der Waals surface area contributed by atoms with Crippen molar-refractivity contribution in [2.45, 2.75) is 46.0 Å². The van der Waals surface area contributed by atoms with Crippen LogP contribution in [0.15, 0.2) is 12.2 Å². The second-order valence-electron chi connectivity index (χ2n) is 5.69. The molecule has 0 heterocycles. The van der Waals surface area contributed by atoms with Crippen molar-refractivity contribution in [2.24, 2.45) is 11.3 Å². The highest BCUT2D eigenvalue weighted by atomic mass is 16.2. The number of allylic oxidation sites excluding steroid dienone is 2. The highest BCUT2D eigenvalue weighted by molar-refractivity contribution is 5.79. The van der Waals surface area contributed by atoms with Crippen LogP contribution in [-0.2, 0) is 4.79 Å². The predicted octanol–water partition coefficient (Wildman–Crippen LogP) is 2.26. The Balaban J connectivity index is 2.29. The largest absolute Gasteiger partial charge is 0.396 e. The molecule has 17 heavy (non-hydrogen) atoms. The van der Waals surface area contributed by atoms with Crippen molar-refractivity contribution < 1.29 is 9.90 Å². The van der Waals surface area contributed by atoms with Crippen LogP contribution in [-0.4, -0.2) is 24.2 Å². The lowest BCUT2D eigenvalue weighted by Gasteiger charge is -2.26. The van der Waals surface area contributed by atoms with E-state index in [4.69, 9.17) is 5.11 Å². The van der Waals surface area contributed by atoms with Crippen LogP contribution in [0.5, 0.6) is 0 Å². The molecule has 0 spiro atoms. The number of carbonyl (C=O) groups is 1. The monoisotopic (exact) mass is 239 g/mol. The third-order valence-corrected chi connectivity index (χ3v) is 3.39. The lowest BCUT2D eigenvalue weighted by atomic mass is 9.87. The zero-order chi connectivity index (χ0) is 12.7. The van der Waals surface area contributed by atoms with Crippen molar-refractivity contribution in [3.63, 3.8) is 0 Å². The summed E-state index contributed by atoms with van der Waals surface area (Å²) in [6, 6.07) is 0. The minimum Gasteiger partial charge on any atom is -0.396 e. The van der Waals surface area contributed by atoms with Crippen LogP contribution >= 0.6 is 0 Å². The molecule has 0 aromatic heterocycles. The molecule has 0 aromatic rings. The quantitative estimate of drug-likeness (QED) is 0.698. The molecule has 1 unspecified atom stereocenters. The van der Waals surface area contributed by atoms with Crippen LogP contribution in [0.4, 0.5) is 0 Å². The standard InChI is InChI=1S/C14H25NO2/c1-14(2,9-6-10-16)11-15-13(17)12-7-4-3-5-8-12/h3-4,12,16H,5-11H2,1-2H3,(H,15,17). The van der Waals surface area contributed by atoms with Gasteiger partial charge < -0.3 is 10.4 Å². The minimum absolute atomic E-state index is 0.0723. The number of carbonyl (C=O) groups excluding carboxylic acids is 1. The maximum atomic E-state index is 11.9. The van der Waals surface area contributed by atoms with E-state index in [0.29, 0.717) is 6.54 Å². The fourth-order valence-electron chi connectivity index (χ4n) is 2.15. The molecule has 1 aliphatic carbocycles. The molecule has 1 atom stereocenters. The number of aliphatic hydroxyl groups is 1. The van der Waals surface area contributed by atoms with Crippen LogP contribution in [0.25, 0.3) is 0 Å². The second kappa shape index (κ2) is 6.80. The van der Waals surface area contributed by atoms with Gasteiger partial charge in [-0.3, -0.25) is 4.79 Å². The highest BCUT2D eigenvalue weighted by Crippen LogP contribution is 2.22. The molecule has 0 aliphatic heterocycles. The molecule has 1 aliphatic rings. The van der Waals surface area contributed by atoms with Crippen molar-refractivity contribution >= 4 is 5.91 Å². The molecule has 0 radical (unpaired) electrons. The maximum Gasteiger partial charge on any atom is 0.223 e. The van der Waals surface area contributed by atoms with Crippen molar-refractivity contribution in [2.75, 3.05) is 13.2 Å². The molecule has 0 bridgehead atoms. The van der Waals surface area contributed by atoms with Crippen molar-refractivity contribution in [3.8, 4) is 0 Å². The van der Waals surface area contributed by atoms with E-state index < -0.39 is 0 Å². The summed E-state index contributed by atoms with van der Waals surface area (Å²) in [5.41, 5.74) is 0.0723. The van der Waals surface area contributed by atoms with Gasteiger partial charge >= 0.3 is 0 Å². The normalized spacial score (nSPS) is 20.3. The number of hydrogen-bond acceptors (Lipinski definition) is 2. The van der Waals surface area contributed by atoms with E-state index in [1.165, 1.54) is 0 Å². The zero-order valence-corrected chi connectivity index (χ0v) is 11.0. The van der Waals surface area contributed by atoms with Gasteiger partial charge in [0, 0.05) is 19.1 Å². The second-order valence-corrected chi connectivity index (χ2v) is 5.69. The molecule has 1 amide bonds. The Morgan fingerprint density at radius 3 is 2.82 bits per heavy atom. The van der Waals surface area contributed by atoms with E-state index in [9.17, 15) is 4.79 Å². The van der Waals surface area contributed by atoms with Gasteiger partial charge in [-0.2, -0.15) is 0 Å². The Kier molecular flexibility index (Phi) is 5.69. The fraction of sp³-hybridized carbons (Fsp3) is 0.786. The molecule has 2 N–H and O–H groups in total. The van der Waals surface area contributed by atoms with Gasteiger partial charge in [-0.25, -0.2) is 0 Å². The van der Waals surface area contributed by atoms with Gasteiger partial charge in [0.25, 0.3) is 0 Å². The SMILES string of the molecule is CC(C)(CCCO)CNC(=O)C1CC=CCC1. The molecular formula is C14H25NO2. The van der Waals surface area contributed by atoms with Crippen LogP contribution in [0.1, 0.15) is 46.0 Å². The molecule has 0 aromatic carbocycles. The molecule has 3 nitrogen and oxygen atoms in total. The lowest BCUT2D eigenvalue weighted by molar-refractivity contribution is -0.125. The molecule has 0 saturated carbocycles. The molecular weight excluding hydrogens is 214 g/mol. The molecule has 3 heteroatoms. The summed E-state index contributed by atoms with van der Waals surface area (Å²) in [6.45, 7) is 5.18. The number of rotatable bonds is 6. The Bertz CT molecular complexity index is 271. The van der Waals surface area contributed by atoms with Crippen molar-refractivity contribution in [3.05, 3.63) is 12.2 Å². The van der Waals surface area contributed by atoms with Crippen molar-refractivity contribution in [1.82, 2.24) is 5.32 Å². The van der Waals surface area contributed by atoms with Crippen LogP contribution in [0.2, 0.25) is 0 Å².